The molecule has 1 heterocycles. The second-order valence-corrected chi connectivity index (χ2v) is 6.03. The molecule has 0 spiro atoms. The summed E-state index contributed by atoms with van der Waals surface area (Å²) in [5.41, 5.74) is 0.866. The van der Waals surface area contributed by atoms with Crippen LogP contribution in [0.4, 0.5) is 0 Å². The first-order valence-corrected chi connectivity index (χ1v) is 6.88. The fourth-order valence-corrected chi connectivity index (χ4v) is 4.01. The fourth-order valence-electron chi connectivity index (χ4n) is 4.01. The lowest BCUT2D eigenvalue weighted by Gasteiger charge is -2.28. The molecule has 0 radical (unpaired) electrons. The smallest absolute Gasteiger partial charge is 0.334 e. The number of ether oxygens (including phenoxy) is 1. The van der Waals surface area contributed by atoms with Crippen LogP contribution < -0.4 is 0 Å². The van der Waals surface area contributed by atoms with Gasteiger partial charge in [0.15, 0.2) is 5.78 Å². The molecular weight excluding hydrogens is 260 g/mol. The molecule has 2 N–H and O–H groups in total. The molecule has 0 aromatic heterocycles. The molecule has 1 aliphatic heterocycles. The number of fused-ring (bicyclic) bond motifs is 3. The maximum Gasteiger partial charge on any atom is 0.334 e. The van der Waals surface area contributed by atoms with E-state index in [1.165, 1.54) is 6.08 Å². The van der Waals surface area contributed by atoms with Gasteiger partial charge in [-0.3, -0.25) is 4.79 Å². The van der Waals surface area contributed by atoms with Gasteiger partial charge >= 0.3 is 5.97 Å². The van der Waals surface area contributed by atoms with Crippen molar-refractivity contribution < 1.29 is 24.5 Å². The van der Waals surface area contributed by atoms with E-state index in [9.17, 15) is 19.8 Å². The first-order valence-electron chi connectivity index (χ1n) is 6.88. The highest BCUT2D eigenvalue weighted by molar-refractivity contribution is 5.97. The minimum atomic E-state index is -0.743. The van der Waals surface area contributed by atoms with Gasteiger partial charge in [0.2, 0.25) is 0 Å². The number of rotatable bonds is 1. The Kier molecular flexibility index (Phi) is 3.06. The van der Waals surface area contributed by atoms with Gasteiger partial charge in [0, 0.05) is 17.4 Å². The molecule has 0 bridgehead atoms. The van der Waals surface area contributed by atoms with Gasteiger partial charge in [-0.1, -0.05) is 13.5 Å². The zero-order valence-corrected chi connectivity index (χ0v) is 11.3. The molecule has 3 aliphatic rings. The van der Waals surface area contributed by atoms with E-state index in [0.717, 1.165) is 0 Å². The van der Waals surface area contributed by atoms with Gasteiger partial charge in [-0.2, -0.15) is 0 Å². The molecule has 2 aliphatic carbocycles. The molecule has 5 nitrogen and oxygen atoms in total. The Morgan fingerprint density at radius 3 is 2.70 bits per heavy atom. The molecule has 0 amide bonds. The first kappa shape index (κ1) is 13.5. The quantitative estimate of drug-likeness (QED) is 0.529. The number of aliphatic hydroxyl groups excluding tert-OH is 2. The molecular formula is C15H18O5. The molecule has 5 heteroatoms. The highest BCUT2D eigenvalue weighted by atomic mass is 16.6. The summed E-state index contributed by atoms with van der Waals surface area (Å²) in [7, 11) is 0. The molecule has 6 atom stereocenters. The molecule has 1 saturated carbocycles. The summed E-state index contributed by atoms with van der Waals surface area (Å²) in [6.07, 6.45) is 0.559. The van der Waals surface area contributed by atoms with E-state index < -0.39 is 24.1 Å². The summed E-state index contributed by atoms with van der Waals surface area (Å²) in [4.78, 5) is 23.9. The van der Waals surface area contributed by atoms with Crippen molar-refractivity contribution in [3.05, 3.63) is 23.8 Å². The van der Waals surface area contributed by atoms with Crippen molar-refractivity contribution in [3.8, 4) is 0 Å². The zero-order valence-electron chi connectivity index (χ0n) is 11.3. The number of hydrogen-bond donors (Lipinski definition) is 2. The average molecular weight is 278 g/mol. The van der Waals surface area contributed by atoms with E-state index in [1.54, 1.807) is 0 Å². The van der Waals surface area contributed by atoms with E-state index in [4.69, 9.17) is 4.74 Å². The minimum absolute atomic E-state index is 0.0279. The molecule has 2 fully saturated rings. The van der Waals surface area contributed by atoms with Crippen LogP contribution in [-0.4, -0.2) is 40.8 Å². The fraction of sp³-hybridized carbons (Fsp3) is 0.600. The lowest BCUT2D eigenvalue weighted by Crippen LogP contribution is -2.35. The van der Waals surface area contributed by atoms with Crippen LogP contribution in [0.5, 0.6) is 0 Å². The Hall–Kier alpha value is -1.46. The molecule has 20 heavy (non-hydrogen) atoms. The van der Waals surface area contributed by atoms with Crippen LogP contribution in [0.1, 0.15) is 13.3 Å². The summed E-state index contributed by atoms with van der Waals surface area (Å²) in [5.74, 6) is -1.74. The van der Waals surface area contributed by atoms with Crippen molar-refractivity contribution in [3.63, 3.8) is 0 Å². The molecule has 1 saturated heterocycles. The Labute approximate surface area is 116 Å². The summed E-state index contributed by atoms with van der Waals surface area (Å²) in [5, 5.41) is 19.8. The van der Waals surface area contributed by atoms with Crippen molar-refractivity contribution in [2.45, 2.75) is 25.6 Å². The standard InChI is InChI=1S/C15H18O5/c1-6-3-9(17)12-7(2)15(19)20-14(12)13-8(5-16)4-10(18)11(6)13/h4,6,9,11-14,16-17H,2-3,5H2,1H3/t6-,9-,11+,12+,13-,14-/m0/s1. The highest BCUT2D eigenvalue weighted by Gasteiger charge is 2.56. The summed E-state index contributed by atoms with van der Waals surface area (Å²) >= 11 is 0. The third kappa shape index (κ3) is 1.70. The monoisotopic (exact) mass is 278 g/mol. The van der Waals surface area contributed by atoms with Crippen LogP contribution in [0.15, 0.2) is 23.8 Å². The minimum Gasteiger partial charge on any atom is -0.458 e. The third-order valence-corrected chi connectivity index (χ3v) is 4.91. The number of carbonyl (C=O) groups excluding carboxylic acids is 2. The first-order chi connectivity index (χ1) is 9.45. The summed E-state index contributed by atoms with van der Waals surface area (Å²) < 4.78 is 5.37. The number of carbonyl (C=O) groups is 2. The lowest BCUT2D eigenvalue weighted by atomic mass is 9.78. The predicted octanol–water partition coefficient (Wildman–Crippen LogP) is 0.219. The van der Waals surface area contributed by atoms with Crippen LogP contribution >= 0.6 is 0 Å². The number of aliphatic hydroxyl groups is 2. The van der Waals surface area contributed by atoms with Crippen molar-refractivity contribution in [1.29, 1.82) is 0 Å². The second kappa shape index (κ2) is 4.53. The molecule has 0 aromatic rings. The molecule has 108 valence electrons. The number of ketones is 1. The van der Waals surface area contributed by atoms with E-state index >= 15 is 0 Å². The van der Waals surface area contributed by atoms with Crippen LogP contribution in [0.3, 0.4) is 0 Å². The van der Waals surface area contributed by atoms with Crippen LogP contribution in [-0.2, 0) is 14.3 Å². The summed E-state index contributed by atoms with van der Waals surface area (Å²) in [6, 6.07) is 0. The summed E-state index contributed by atoms with van der Waals surface area (Å²) in [6.45, 7) is 5.40. The van der Waals surface area contributed by atoms with Crippen molar-refractivity contribution in [1.82, 2.24) is 0 Å². The van der Waals surface area contributed by atoms with Gasteiger partial charge in [0.25, 0.3) is 0 Å². The normalized spacial score (nSPS) is 43.8. The molecule has 3 rings (SSSR count). The van der Waals surface area contributed by atoms with Gasteiger partial charge in [-0.25, -0.2) is 4.79 Å². The van der Waals surface area contributed by atoms with Gasteiger partial charge in [-0.05, 0) is 24.0 Å². The van der Waals surface area contributed by atoms with Crippen molar-refractivity contribution in [2.24, 2.45) is 23.7 Å². The van der Waals surface area contributed by atoms with Gasteiger partial charge in [0.1, 0.15) is 6.10 Å². The van der Waals surface area contributed by atoms with E-state index in [2.05, 4.69) is 6.58 Å². The Balaban J connectivity index is 2.07. The molecule has 0 unspecified atom stereocenters. The van der Waals surface area contributed by atoms with Crippen molar-refractivity contribution in [2.75, 3.05) is 6.61 Å². The number of esters is 1. The van der Waals surface area contributed by atoms with E-state index in [1.807, 2.05) is 6.92 Å². The van der Waals surface area contributed by atoms with E-state index in [0.29, 0.717) is 12.0 Å². The Morgan fingerprint density at radius 2 is 2.05 bits per heavy atom. The maximum atomic E-state index is 12.2. The molecule has 0 aromatic carbocycles. The Bertz CT molecular complexity index is 520. The van der Waals surface area contributed by atoms with Crippen molar-refractivity contribution >= 4 is 11.8 Å². The topological polar surface area (TPSA) is 83.8 Å². The Morgan fingerprint density at radius 1 is 1.35 bits per heavy atom. The van der Waals surface area contributed by atoms with Crippen LogP contribution in [0.25, 0.3) is 0 Å². The SMILES string of the molecule is C=C1C(=O)O[C@@H]2[C@H]3C(CO)=CC(=O)[C@H]3[C@@H](C)C[C@H](O)[C@@H]12. The number of allylic oxidation sites excluding steroid dienone is 1. The largest absolute Gasteiger partial charge is 0.458 e. The highest BCUT2D eigenvalue weighted by Crippen LogP contribution is 2.49. The van der Waals surface area contributed by atoms with Gasteiger partial charge in [0.05, 0.1) is 18.6 Å². The van der Waals surface area contributed by atoms with Gasteiger partial charge < -0.3 is 14.9 Å². The average Bonchev–Trinajstić information content (AvgIpc) is 2.83. The van der Waals surface area contributed by atoms with Gasteiger partial charge in [-0.15, -0.1) is 0 Å². The predicted molar refractivity (Wildman–Crippen MR) is 69.5 cm³/mol. The number of hydrogen-bond acceptors (Lipinski definition) is 5. The zero-order chi connectivity index (χ0) is 14.6. The van der Waals surface area contributed by atoms with E-state index in [-0.39, 0.29) is 35.7 Å². The van der Waals surface area contributed by atoms with Crippen LogP contribution in [0, 0.1) is 23.7 Å². The maximum absolute atomic E-state index is 12.2. The third-order valence-electron chi connectivity index (χ3n) is 4.91. The second-order valence-electron chi connectivity index (χ2n) is 6.03. The lowest BCUT2D eigenvalue weighted by molar-refractivity contribution is -0.142. The van der Waals surface area contributed by atoms with Crippen LogP contribution in [0.2, 0.25) is 0 Å².